The summed E-state index contributed by atoms with van der Waals surface area (Å²) >= 11 is 0. The van der Waals surface area contributed by atoms with Gasteiger partial charge < -0.3 is 14.6 Å². The highest BCUT2D eigenvalue weighted by atomic mass is 16.6. The minimum Gasteiger partial charge on any atom is -0.457 e. The lowest BCUT2D eigenvalue weighted by atomic mass is 9.44. The van der Waals surface area contributed by atoms with Crippen molar-refractivity contribution in [1.82, 2.24) is 0 Å². The third-order valence-electron chi connectivity index (χ3n) is 9.90. The zero-order chi connectivity index (χ0) is 27.3. The molecular formula is C30H42O7. The number of allylic oxidation sites excluding steroid dienone is 4. The van der Waals surface area contributed by atoms with Gasteiger partial charge in [-0.3, -0.25) is 19.2 Å². The van der Waals surface area contributed by atoms with Crippen molar-refractivity contribution < 1.29 is 33.8 Å². The molecule has 7 heteroatoms. The Morgan fingerprint density at radius 2 is 1.89 bits per heavy atom. The Hall–Kier alpha value is -2.28. The molecule has 0 heterocycles. The monoisotopic (exact) mass is 514 g/mol. The van der Waals surface area contributed by atoms with Crippen LogP contribution < -0.4 is 0 Å². The van der Waals surface area contributed by atoms with Crippen molar-refractivity contribution in [2.24, 2.45) is 40.4 Å². The molecule has 3 fully saturated rings. The largest absolute Gasteiger partial charge is 0.457 e. The molecule has 1 N–H and O–H groups in total. The first-order valence-corrected chi connectivity index (χ1v) is 13.8. The lowest BCUT2D eigenvalue weighted by Gasteiger charge is -2.61. The van der Waals surface area contributed by atoms with Gasteiger partial charge in [-0.05, 0) is 61.5 Å². The first-order chi connectivity index (χ1) is 17.3. The third-order valence-corrected chi connectivity index (χ3v) is 9.90. The van der Waals surface area contributed by atoms with Gasteiger partial charge in [-0.25, -0.2) is 0 Å². The number of Topliss-reactive ketones (excluding diaryl/α,β-unsaturated/α-hetero) is 1. The van der Waals surface area contributed by atoms with Gasteiger partial charge in [0.1, 0.15) is 0 Å². The van der Waals surface area contributed by atoms with Gasteiger partial charge in [0.15, 0.2) is 18.0 Å². The Labute approximate surface area is 220 Å². The van der Waals surface area contributed by atoms with Crippen LogP contribution in [0.2, 0.25) is 0 Å². The maximum absolute atomic E-state index is 13.8. The fraction of sp³-hybridized carbons (Fsp3) is 0.733. The quantitative estimate of drug-likeness (QED) is 0.503. The minimum atomic E-state index is -1.45. The zero-order valence-electron chi connectivity index (χ0n) is 23.0. The molecule has 37 heavy (non-hydrogen) atoms. The van der Waals surface area contributed by atoms with Crippen LogP contribution in [-0.4, -0.2) is 46.9 Å². The predicted molar refractivity (Wildman–Crippen MR) is 137 cm³/mol. The molecule has 0 aromatic rings. The maximum atomic E-state index is 13.8. The lowest BCUT2D eigenvalue weighted by molar-refractivity contribution is -0.202. The molecule has 7 nitrogen and oxygen atoms in total. The van der Waals surface area contributed by atoms with Crippen LogP contribution in [0.5, 0.6) is 0 Å². The number of esters is 2. The highest BCUT2D eigenvalue weighted by Gasteiger charge is 2.70. The van der Waals surface area contributed by atoms with Gasteiger partial charge in [0.2, 0.25) is 5.78 Å². The van der Waals surface area contributed by atoms with Crippen molar-refractivity contribution in [2.75, 3.05) is 6.61 Å². The van der Waals surface area contributed by atoms with Crippen LogP contribution in [0.1, 0.15) is 80.1 Å². The summed E-state index contributed by atoms with van der Waals surface area (Å²) in [5.74, 6) is -1.07. The molecule has 0 saturated heterocycles. The first-order valence-electron chi connectivity index (χ1n) is 13.8. The van der Waals surface area contributed by atoms with Crippen molar-refractivity contribution in [1.29, 1.82) is 0 Å². The Morgan fingerprint density at radius 1 is 1.19 bits per heavy atom. The van der Waals surface area contributed by atoms with Crippen molar-refractivity contribution in [3.8, 4) is 0 Å². The second kappa shape index (κ2) is 9.79. The van der Waals surface area contributed by atoms with Crippen LogP contribution >= 0.6 is 0 Å². The third kappa shape index (κ3) is 4.41. The van der Waals surface area contributed by atoms with E-state index in [4.69, 9.17) is 9.47 Å². The van der Waals surface area contributed by atoms with Crippen molar-refractivity contribution in [2.45, 2.75) is 91.8 Å². The van der Waals surface area contributed by atoms with Crippen LogP contribution in [0.4, 0.5) is 0 Å². The number of carbonyl (C=O) groups is 4. The fourth-order valence-electron chi connectivity index (χ4n) is 8.34. The van der Waals surface area contributed by atoms with E-state index < -0.39 is 46.9 Å². The summed E-state index contributed by atoms with van der Waals surface area (Å²) in [6.07, 6.45) is 6.99. The maximum Gasteiger partial charge on any atom is 0.306 e. The molecule has 0 bridgehead atoms. The van der Waals surface area contributed by atoms with E-state index in [0.29, 0.717) is 19.3 Å². The molecule has 4 aliphatic carbocycles. The van der Waals surface area contributed by atoms with Crippen molar-refractivity contribution >= 4 is 23.5 Å². The SMILES string of the molecule is CCC(=O)O[C@]1(C(=O)COC(=O)CC(C)C)CC[C@H]2[C@@H]3C[C@H](C)C4=CC(=O)C=C[C@]4(C)[C@H]3[C@@H](O)C[C@@]21C. The number of aliphatic hydroxyl groups excluding tert-OH is 1. The summed E-state index contributed by atoms with van der Waals surface area (Å²) in [6, 6.07) is 0. The predicted octanol–water partition coefficient (Wildman–Crippen LogP) is 4.36. The molecule has 0 amide bonds. The standard InChI is InChI=1S/C30H42O7/c1-7-25(34)37-30(24(33)16-36-26(35)12-17(2)3)11-9-21-20-13-18(4)22-14-19(31)8-10-28(22,5)27(20)23(32)15-29(21,30)6/h8,10,14,17-18,20-21,23,27,32H,7,9,11-13,15-16H2,1-6H3/t18-,20-,21-,23-,27+,28-,29-,30-/m0/s1. The van der Waals surface area contributed by atoms with Gasteiger partial charge >= 0.3 is 11.9 Å². The van der Waals surface area contributed by atoms with E-state index in [1.54, 1.807) is 19.1 Å². The van der Waals surface area contributed by atoms with Gasteiger partial charge in [0.25, 0.3) is 0 Å². The summed E-state index contributed by atoms with van der Waals surface area (Å²) < 4.78 is 11.4. The fourth-order valence-corrected chi connectivity index (χ4v) is 8.34. The number of ether oxygens (including phenoxy) is 2. The average Bonchev–Trinajstić information content (AvgIpc) is 3.10. The van der Waals surface area contributed by atoms with E-state index in [0.717, 1.165) is 12.0 Å². The summed E-state index contributed by atoms with van der Waals surface area (Å²) in [5.41, 5.74) is -1.63. The Balaban J connectivity index is 1.69. The molecular weight excluding hydrogens is 472 g/mol. The molecule has 0 aromatic carbocycles. The van der Waals surface area contributed by atoms with E-state index in [2.05, 4.69) is 13.8 Å². The van der Waals surface area contributed by atoms with Gasteiger partial charge in [-0.15, -0.1) is 0 Å². The second-order valence-corrected chi connectivity index (χ2v) is 12.6. The molecule has 0 spiro atoms. The normalized spacial score (nSPS) is 40.4. The van der Waals surface area contributed by atoms with Gasteiger partial charge in [0.05, 0.1) is 6.10 Å². The van der Waals surface area contributed by atoms with E-state index in [1.165, 1.54) is 0 Å². The van der Waals surface area contributed by atoms with Crippen LogP contribution in [0.25, 0.3) is 0 Å². The molecule has 0 aromatic heterocycles. The van der Waals surface area contributed by atoms with E-state index >= 15 is 0 Å². The van der Waals surface area contributed by atoms with Gasteiger partial charge in [-0.2, -0.15) is 0 Å². The number of ketones is 2. The Morgan fingerprint density at radius 3 is 2.54 bits per heavy atom. The highest BCUT2D eigenvalue weighted by molar-refractivity contribution is 6.01. The smallest absolute Gasteiger partial charge is 0.306 e. The van der Waals surface area contributed by atoms with Crippen LogP contribution in [-0.2, 0) is 28.7 Å². The number of aliphatic hydroxyl groups is 1. The molecule has 0 radical (unpaired) electrons. The Bertz CT molecular complexity index is 1040. The van der Waals surface area contributed by atoms with Gasteiger partial charge in [-0.1, -0.05) is 53.2 Å². The van der Waals surface area contributed by atoms with E-state index in [9.17, 15) is 24.3 Å². The van der Waals surface area contributed by atoms with Crippen LogP contribution in [0, 0.1) is 40.4 Å². The summed E-state index contributed by atoms with van der Waals surface area (Å²) in [7, 11) is 0. The minimum absolute atomic E-state index is 0.0168. The number of hydrogen-bond donors (Lipinski definition) is 1. The number of rotatable bonds is 7. The van der Waals surface area contributed by atoms with E-state index in [-0.39, 0.29) is 48.2 Å². The van der Waals surface area contributed by atoms with Crippen LogP contribution in [0.15, 0.2) is 23.8 Å². The summed E-state index contributed by atoms with van der Waals surface area (Å²) in [4.78, 5) is 50.9. The molecule has 8 atom stereocenters. The molecule has 4 rings (SSSR count). The first kappa shape index (κ1) is 27.7. The van der Waals surface area contributed by atoms with Crippen molar-refractivity contribution in [3.63, 3.8) is 0 Å². The van der Waals surface area contributed by atoms with Gasteiger partial charge in [0, 0.05) is 29.6 Å². The molecule has 4 aliphatic rings. The average molecular weight is 515 g/mol. The number of hydrogen-bond acceptors (Lipinski definition) is 7. The topological polar surface area (TPSA) is 107 Å². The molecule has 0 aliphatic heterocycles. The summed E-state index contributed by atoms with van der Waals surface area (Å²) in [6.45, 7) is 11.3. The van der Waals surface area contributed by atoms with E-state index in [1.807, 2.05) is 26.8 Å². The molecule has 0 unspecified atom stereocenters. The lowest BCUT2D eigenvalue weighted by Crippen LogP contribution is -2.63. The zero-order valence-corrected chi connectivity index (χ0v) is 23.0. The number of carbonyl (C=O) groups excluding carboxylic acids is 4. The van der Waals surface area contributed by atoms with Crippen LogP contribution in [0.3, 0.4) is 0 Å². The highest BCUT2D eigenvalue weighted by Crippen LogP contribution is 2.68. The second-order valence-electron chi connectivity index (χ2n) is 12.6. The van der Waals surface area contributed by atoms with Crippen molar-refractivity contribution in [3.05, 3.63) is 23.8 Å². The molecule has 204 valence electrons. The summed E-state index contributed by atoms with van der Waals surface area (Å²) in [5, 5.41) is 11.7. The number of fused-ring (bicyclic) bond motifs is 5. The molecule has 3 saturated carbocycles. The Kier molecular flexibility index (Phi) is 7.34.